The van der Waals surface area contributed by atoms with Crippen LogP contribution in [-0.4, -0.2) is 52.0 Å². The SMILES string of the molecule is CC(=O)OC[C@@]12CC[C@@]3(C)[C@H]4C(=CC[C@]3(C)[C@H]1[C@H](O)C[C@H]2C(C)C)[C@@]1(C)C[C@@H](O)C(=O)C(C)(C)[C@@H]1C[C@@H]4O. The Morgan fingerprint density at radius 2 is 1.68 bits per heavy atom. The second-order valence-electron chi connectivity index (χ2n) is 15.4. The zero-order valence-corrected chi connectivity index (χ0v) is 24.7. The van der Waals surface area contributed by atoms with E-state index in [0.29, 0.717) is 31.8 Å². The molecule has 0 heterocycles. The highest BCUT2D eigenvalue weighted by Gasteiger charge is 2.73. The minimum Gasteiger partial charge on any atom is -0.465 e. The number of carbonyl (C=O) groups excluding carboxylic acids is 2. The van der Waals surface area contributed by atoms with Crippen molar-refractivity contribution in [3.63, 3.8) is 0 Å². The molecule has 0 aromatic heterocycles. The molecular formula is C32H50O6. The molecule has 0 radical (unpaired) electrons. The first-order valence-electron chi connectivity index (χ1n) is 14.9. The van der Waals surface area contributed by atoms with E-state index in [4.69, 9.17) is 4.74 Å². The number of hydrogen-bond donors (Lipinski definition) is 3. The van der Waals surface area contributed by atoms with Crippen LogP contribution in [0.15, 0.2) is 11.6 Å². The summed E-state index contributed by atoms with van der Waals surface area (Å²) < 4.78 is 5.76. The van der Waals surface area contributed by atoms with Crippen LogP contribution in [0.25, 0.3) is 0 Å². The maximum atomic E-state index is 13.0. The predicted molar refractivity (Wildman–Crippen MR) is 145 cm³/mol. The molecule has 11 atom stereocenters. The minimum atomic E-state index is -0.990. The van der Waals surface area contributed by atoms with E-state index in [2.05, 4.69) is 40.7 Å². The molecule has 0 aromatic rings. The largest absolute Gasteiger partial charge is 0.465 e. The van der Waals surface area contributed by atoms with Gasteiger partial charge in [-0.1, -0.05) is 60.1 Å². The number of esters is 1. The number of ketones is 1. The number of aliphatic hydroxyl groups is 3. The van der Waals surface area contributed by atoms with E-state index >= 15 is 0 Å². The fourth-order valence-corrected chi connectivity index (χ4v) is 11.4. The van der Waals surface area contributed by atoms with Crippen molar-refractivity contribution >= 4 is 11.8 Å². The van der Waals surface area contributed by atoms with Crippen molar-refractivity contribution in [2.75, 3.05) is 6.61 Å². The quantitative estimate of drug-likeness (QED) is 0.361. The molecule has 4 fully saturated rings. The van der Waals surface area contributed by atoms with Gasteiger partial charge in [-0.15, -0.1) is 0 Å². The predicted octanol–water partition coefficient (Wildman–Crippen LogP) is 4.69. The number of allylic oxidation sites excluding steroid dienone is 1. The second-order valence-corrected chi connectivity index (χ2v) is 15.4. The normalized spacial score (nSPS) is 51.4. The first-order chi connectivity index (χ1) is 17.5. The molecule has 0 saturated heterocycles. The molecule has 4 saturated carbocycles. The van der Waals surface area contributed by atoms with Gasteiger partial charge < -0.3 is 20.1 Å². The van der Waals surface area contributed by atoms with Crippen molar-refractivity contribution in [1.82, 2.24) is 0 Å². The zero-order chi connectivity index (χ0) is 28.2. The summed E-state index contributed by atoms with van der Waals surface area (Å²) in [5, 5.41) is 34.5. The van der Waals surface area contributed by atoms with Crippen LogP contribution in [0.5, 0.6) is 0 Å². The Hall–Kier alpha value is -1.24. The third kappa shape index (κ3) is 3.41. The minimum absolute atomic E-state index is 0.0367. The lowest BCUT2D eigenvalue weighted by Gasteiger charge is -2.70. The number of rotatable bonds is 3. The van der Waals surface area contributed by atoms with Crippen LogP contribution in [0.1, 0.15) is 93.9 Å². The van der Waals surface area contributed by atoms with Gasteiger partial charge in [-0.05, 0) is 72.5 Å². The van der Waals surface area contributed by atoms with E-state index in [9.17, 15) is 24.9 Å². The van der Waals surface area contributed by atoms with Gasteiger partial charge in [0, 0.05) is 29.6 Å². The molecule has 0 amide bonds. The Kier molecular flexibility index (Phi) is 6.43. The number of hydrogen-bond acceptors (Lipinski definition) is 6. The van der Waals surface area contributed by atoms with Crippen molar-refractivity contribution in [3.8, 4) is 0 Å². The van der Waals surface area contributed by atoms with Crippen molar-refractivity contribution in [1.29, 1.82) is 0 Å². The molecule has 0 aliphatic heterocycles. The number of aliphatic hydroxyl groups excluding tert-OH is 3. The van der Waals surface area contributed by atoms with E-state index < -0.39 is 23.7 Å². The molecule has 0 unspecified atom stereocenters. The van der Waals surface area contributed by atoms with E-state index in [1.165, 1.54) is 12.5 Å². The molecule has 3 N–H and O–H groups in total. The Balaban J connectivity index is 1.63. The topological polar surface area (TPSA) is 104 Å². The lowest BCUT2D eigenvalue weighted by molar-refractivity contribution is -0.213. The van der Waals surface area contributed by atoms with Gasteiger partial charge in [0.25, 0.3) is 0 Å². The lowest BCUT2D eigenvalue weighted by Crippen LogP contribution is -2.67. The highest BCUT2D eigenvalue weighted by molar-refractivity contribution is 5.89. The molecule has 0 bridgehead atoms. The Labute approximate surface area is 228 Å². The van der Waals surface area contributed by atoms with Gasteiger partial charge >= 0.3 is 5.97 Å². The summed E-state index contributed by atoms with van der Waals surface area (Å²) in [5.74, 6) is 0.0383. The van der Waals surface area contributed by atoms with Gasteiger partial charge in [0.15, 0.2) is 5.78 Å². The number of ether oxygens (including phenoxy) is 1. The fraction of sp³-hybridized carbons (Fsp3) is 0.875. The summed E-state index contributed by atoms with van der Waals surface area (Å²) in [6, 6.07) is 0. The van der Waals surface area contributed by atoms with Gasteiger partial charge in [-0.2, -0.15) is 0 Å². The average Bonchev–Trinajstić information content (AvgIpc) is 3.12. The monoisotopic (exact) mass is 530 g/mol. The first kappa shape index (κ1) is 28.3. The third-order valence-corrected chi connectivity index (χ3v) is 13.2. The zero-order valence-electron chi connectivity index (χ0n) is 24.7. The van der Waals surface area contributed by atoms with Gasteiger partial charge in [0.2, 0.25) is 0 Å². The molecule has 0 aromatic carbocycles. The third-order valence-electron chi connectivity index (χ3n) is 13.2. The van der Waals surface area contributed by atoms with E-state index in [-0.39, 0.29) is 57.1 Å². The lowest BCUT2D eigenvalue weighted by atomic mass is 9.35. The summed E-state index contributed by atoms with van der Waals surface area (Å²) in [6.07, 6.45) is 4.39. The highest BCUT2D eigenvalue weighted by atomic mass is 16.5. The van der Waals surface area contributed by atoms with Crippen LogP contribution in [-0.2, 0) is 14.3 Å². The highest BCUT2D eigenvalue weighted by Crippen LogP contribution is 2.76. The fourth-order valence-electron chi connectivity index (χ4n) is 11.4. The standard InChI is InChI=1S/C32H50O6/c1-17(2)20-13-22(35)26-31(8)10-9-19-25(30(31,7)11-12-32(20,26)16-38-18(3)33)21(34)14-24-28(4,5)27(37)23(36)15-29(19,24)6/h9,17,20-26,34-36H,10-16H2,1-8H3/t20-,21-,22+,23+,24-,25-,26+,29+,30-,31+,32+/m0/s1. The van der Waals surface area contributed by atoms with Crippen molar-refractivity contribution in [2.45, 2.75) is 112 Å². The number of carbonyl (C=O) groups is 2. The van der Waals surface area contributed by atoms with Crippen molar-refractivity contribution in [2.24, 2.45) is 56.7 Å². The van der Waals surface area contributed by atoms with Gasteiger partial charge in [-0.25, -0.2) is 0 Å². The molecule has 5 aliphatic carbocycles. The molecule has 6 nitrogen and oxygen atoms in total. The molecule has 5 aliphatic rings. The molecule has 5 rings (SSSR count). The van der Waals surface area contributed by atoms with Crippen LogP contribution in [0, 0.1) is 56.7 Å². The van der Waals surface area contributed by atoms with E-state index in [1.807, 2.05) is 13.8 Å². The van der Waals surface area contributed by atoms with Crippen molar-refractivity contribution in [3.05, 3.63) is 11.6 Å². The summed E-state index contributed by atoms with van der Waals surface area (Å²) in [4.78, 5) is 25.0. The van der Waals surface area contributed by atoms with Crippen LogP contribution in [0.4, 0.5) is 0 Å². The van der Waals surface area contributed by atoms with Gasteiger partial charge in [0.05, 0.1) is 18.8 Å². The Morgan fingerprint density at radius 1 is 1.03 bits per heavy atom. The van der Waals surface area contributed by atoms with Crippen LogP contribution in [0.3, 0.4) is 0 Å². The maximum absolute atomic E-state index is 13.0. The average molecular weight is 531 g/mol. The molecular weight excluding hydrogens is 480 g/mol. The number of Topliss-reactive ketones (excluding diaryl/α,β-unsaturated/α-hetero) is 1. The van der Waals surface area contributed by atoms with Crippen LogP contribution < -0.4 is 0 Å². The molecule has 38 heavy (non-hydrogen) atoms. The van der Waals surface area contributed by atoms with Crippen LogP contribution >= 0.6 is 0 Å². The Bertz CT molecular complexity index is 1050. The first-order valence-corrected chi connectivity index (χ1v) is 14.9. The van der Waals surface area contributed by atoms with E-state index in [0.717, 1.165) is 19.3 Å². The summed E-state index contributed by atoms with van der Waals surface area (Å²) in [7, 11) is 0. The number of fused-ring (bicyclic) bond motifs is 7. The maximum Gasteiger partial charge on any atom is 0.302 e. The smallest absolute Gasteiger partial charge is 0.302 e. The second kappa shape index (κ2) is 8.63. The van der Waals surface area contributed by atoms with E-state index in [1.54, 1.807) is 0 Å². The van der Waals surface area contributed by atoms with Gasteiger partial charge in [0.1, 0.15) is 6.10 Å². The van der Waals surface area contributed by atoms with Crippen molar-refractivity contribution < 1.29 is 29.6 Å². The molecule has 0 spiro atoms. The summed E-state index contributed by atoms with van der Waals surface area (Å²) >= 11 is 0. The van der Waals surface area contributed by atoms with Gasteiger partial charge in [-0.3, -0.25) is 9.59 Å². The summed E-state index contributed by atoms with van der Waals surface area (Å²) in [5.41, 5.74) is -0.740. The molecule has 6 heteroatoms. The Morgan fingerprint density at radius 3 is 2.29 bits per heavy atom. The molecule has 214 valence electrons. The summed E-state index contributed by atoms with van der Waals surface area (Å²) in [6.45, 7) is 16.9. The van der Waals surface area contributed by atoms with Crippen LogP contribution in [0.2, 0.25) is 0 Å².